The predicted molar refractivity (Wildman–Crippen MR) is 113 cm³/mol. The van der Waals surface area contributed by atoms with Crippen LogP contribution in [0.15, 0.2) is 42.5 Å². The van der Waals surface area contributed by atoms with Gasteiger partial charge in [-0.25, -0.2) is 4.39 Å². The topological polar surface area (TPSA) is 43.8 Å². The molecule has 0 spiro atoms. The van der Waals surface area contributed by atoms with E-state index in [-0.39, 0.29) is 11.7 Å². The number of hydrogen-bond acceptors (Lipinski definition) is 3. The van der Waals surface area contributed by atoms with Crippen LogP contribution in [0, 0.1) is 11.7 Å². The quantitative estimate of drug-likeness (QED) is 0.843. The molecule has 29 heavy (non-hydrogen) atoms. The number of rotatable bonds is 4. The maximum Gasteiger partial charge on any atom is 0.258 e. The van der Waals surface area contributed by atoms with Crippen molar-refractivity contribution in [1.82, 2.24) is 4.90 Å². The smallest absolute Gasteiger partial charge is 0.258 e. The summed E-state index contributed by atoms with van der Waals surface area (Å²) in [4.78, 5) is 17.1. The Bertz CT molecular complexity index is 868. The van der Waals surface area contributed by atoms with Crippen LogP contribution in [-0.2, 0) is 6.42 Å². The number of halogens is 1. The molecule has 0 bridgehead atoms. The number of β-amino-alcohol motifs (C(OH)–C–C–N with tert-alkyl or cyclic N) is 1. The SMILES string of the molecule is C[C@H]1CCCN(C[C@H](O)c2ccc3c(c2)CCCN3C(=O)c2ccc(F)cc2)C1. The lowest BCUT2D eigenvalue weighted by atomic mass is 9.95. The standard InChI is InChI=1S/C24H29FN2O2/c1-17-4-2-12-26(15-17)16-23(28)20-8-11-22-19(14-20)5-3-13-27(22)24(29)18-6-9-21(25)10-7-18/h6-11,14,17,23,28H,2-5,12-13,15-16H2,1H3/t17-,23-/m0/s1. The van der Waals surface area contributed by atoms with Crippen LogP contribution in [0.2, 0.25) is 0 Å². The van der Waals surface area contributed by atoms with Crippen LogP contribution >= 0.6 is 0 Å². The number of amides is 1. The summed E-state index contributed by atoms with van der Waals surface area (Å²) in [6.45, 7) is 5.66. The van der Waals surface area contributed by atoms with E-state index in [1.165, 1.54) is 37.1 Å². The van der Waals surface area contributed by atoms with Crippen molar-refractivity contribution in [1.29, 1.82) is 0 Å². The molecule has 5 heteroatoms. The summed E-state index contributed by atoms with van der Waals surface area (Å²) in [5.41, 5.74) is 3.39. The largest absolute Gasteiger partial charge is 0.387 e. The van der Waals surface area contributed by atoms with Crippen molar-refractivity contribution in [3.05, 3.63) is 65.0 Å². The highest BCUT2D eigenvalue weighted by molar-refractivity contribution is 6.06. The maximum absolute atomic E-state index is 13.2. The van der Waals surface area contributed by atoms with Crippen molar-refractivity contribution in [2.24, 2.45) is 5.92 Å². The first-order valence-electron chi connectivity index (χ1n) is 10.6. The molecular formula is C24H29FN2O2. The summed E-state index contributed by atoms with van der Waals surface area (Å²) in [5.74, 6) is 0.231. The van der Waals surface area contributed by atoms with Gasteiger partial charge in [-0.2, -0.15) is 0 Å². The number of nitrogens with zero attached hydrogens (tertiary/aromatic N) is 2. The normalized spacial score (nSPS) is 20.9. The van der Waals surface area contributed by atoms with E-state index in [9.17, 15) is 14.3 Å². The summed E-state index contributed by atoms with van der Waals surface area (Å²) in [7, 11) is 0. The monoisotopic (exact) mass is 396 g/mol. The van der Waals surface area contributed by atoms with E-state index in [0.717, 1.165) is 42.7 Å². The molecule has 2 heterocycles. The minimum Gasteiger partial charge on any atom is -0.387 e. The van der Waals surface area contributed by atoms with Gasteiger partial charge in [0.05, 0.1) is 6.10 Å². The molecule has 2 aliphatic heterocycles. The van der Waals surface area contributed by atoms with Crippen LogP contribution in [-0.4, -0.2) is 42.1 Å². The molecule has 1 amide bonds. The molecule has 1 fully saturated rings. The molecule has 2 atom stereocenters. The minimum atomic E-state index is -0.520. The lowest BCUT2D eigenvalue weighted by Crippen LogP contribution is -2.37. The molecule has 1 saturated heterocycles. The van der Waals surface area contributed by atoms with Gasteiger partial charge in [-0.1, -0.05) is 19.1 Å². The Balaban J connectivity index is 1.50. The molecule has 0 unspecified atom stereocenters. The second kappa shape index (κ2) is 8.64. The van der Waals surface area contributed by atoms with Crippen molar-refractivity contribution >= 4 is 11.6 Å². The average Bonchev–Trinajstić information content (AvgIpc) is 2.73. The number of aryl methyl sites for hydroxylation is 1. The minimum absolute atomic E-state index is 0.110. The van der Waals surface area contributed by atoms with Gasteiger partial charge in [0.15, 0.2) is 0 Å². The summed E-state index contributed by atoms with van der Waals surface area (Å²) >= 11 is 0. The zero-order valence-electron chi connectivity index (χ0n) is 17.0. The second-order valence-electron chi connectivity index (χ2n) is 8.48. The number of likely N-dealkylation sites (tertiary alicyclic amines) is 1. The Morgan fingerprint density at radius 2 is 1.97 bits per heavy atom. The van der Waals surface area contributed by atoms with E-state index in [1.807, 2.05) is 12.1 Å². The van der Waals surface area contributed by atoms with Gasteiger partial charge in [-0.05, 0) is 79.6 Å². The van der Waals surface area contributed by atoms with Gasteiger partial charge < -0.3 is 14.9 Å². The van der Waals surface area contributed by atoms with Crippen LogP contribution in [0.1, 0.15) is 53.8 Å². The highest BCUT2D eigenvalue weighted by atomic mass is 19.1. The number of benzene rings is 2. The Kier molecular flexibility index (Phi) is 5.97. The first-order chi connectivity index (χ1) is 14.0. The number of carbonyl (C=O) groups is 1. The lowest BCUT2D eigenvalue weighted by Gasteiger charge is -2.33. The molecule has 4 nitrogen and oxygen atoms in total. The Hall–Kier alpha value is -2.24. The molecule has 0 aromatic heterocycles. The van der Waals surface area contributed by atoms with Crippen molar-refractivity contribution < 1.29 is 14.3 Å². The summed E-state index contributed by atoms with van der Waals surface area (Å²) in [6.07, 6.45) is 3.71. The molecular weight excluding hydrogens is 367 g/mol. The summed E-state index contributed by atoms with van der Waals surface area (Å²) in [5, 5.41) is 10.8. The Morgan fingerprint density at radius 1 is 1.17 bits per heavy atom. The number of anilines is 1. The van der Waals surface area contributed by atoms with Crippen LogP contribution in [0.3, 0.4) is 0 Å². The first kappa shape index (κ1) is 20.0. The zero-order valence-corrected chi connectivity index (χ0v) is 17.0. The molecule has 154 valence electrons. The fourth-order valence-electron chi connectivity index (χ4n) is 4.59. The zero-order chi connectivity index (χ0) is 20.4. The van der Waals surface area contributed by atoms with Gasteiger partial charge in [-0.15, -0.1) is 0 Å². The third-order valence-electron chi connectivity index (χ3n) is 6.12. The highest BCUT2D eigenvalue weighted by Crippen LogP contribution is 2.31. The van der Waals surface area contributed by atoms with Gasteiger partial charge in [0.25, 0.3) is 5.91 Å². The number of aliphatic hydroxyl groups excluding tert-OH is 1. The van der Waals surface area contributed by atoms with Crippen molar-refractivity contribution in [3.63, 3.8) is 0 Å². The van der Waals surface area contributed by atoms with Gasteiger partial charge in [0.2, 0.25) is 0 Å². The molecule has 1 N–H and O–H groups in total. The number of aliphatic hydroxyl groups is 1. The van der Waals surface area contributed by atoms with Crippen LogP contribution in [0.4, 0.5) is 10.1 Å². The predicted octanol–water partition coefficient (Wildman–Crippen LogP) is 4.18. The Labute approximate surface area is 171 Å². The number of fused-ring (bicyclic) bond motifs is 1. The number of piperidine rings is 1. The second-order valence-corrected chi connectivity index (χ2v) is 8.48. The summed E-state index contributed by atoms with van der Waals surface area (Å²) < 4.78 is 13.2. The van der Waals surface area contributed by atoms with E-state index in [0.29, 0.717) is 24.6 Å². The fourth-order valence-corrected chi connectivity index (χ4v) is 4.59. The van der Waals surface area contributed by atoms with Crippen LogP contribution < -0.4 is 4.90 Å². The molecule has 2 aromatic rings. The van der Waals surface area contributed by atoms with Crippen molar-refractivity contribution in [2.75, 3.05) is 31.1 Å². The van der Waals surface area contributed by atoms with Gasteiger partial charge in [0, 0.05) is 30.9 Å². The van der Waals surface area contributed by atoms with Gasteiger partial charge in [-0.3, -0.25) is 4.79 Å². The lowest BCUT2D eigenvalue weighted by molar-refractivity contribution is 0.0875. The van der Waals surface area contributed by atoms with E-state index in [2.05, 4.69) is 17.9 Å². The molecule has 4 rings (SSSR count). The third-order valence-corrected chi connectivity index (χ3v) is 6.12. The van der Waals surface area contributed by atoms with E-state index < -0.39 is 6.10 Å². The van der Waals surface area contributed by atoms with Crippen molar-refractivity contribution in [3.8, 4) is 0 Å². The molecule has 0 radical (unpaired) electrons. The molecule has 0 saturated carbocycles. The van der Waals surface area contributed by atoms with Crippen molar-refractivity contribution in [2.45, 2.75) is 38.7 Å². The first-order valence-corrected chi connectivity index (χ1v) is 10.6. The highest BCUT2D eigenvalue weighted by Gasteiger charge is 2.25. The summed E-state index contributed by atoms with van der Waals surface area (Å²) in [6, 6.07) is 11.6. The average molecular weight is 397 g/mol. The van der Waals surface area contributed by atoms with Crippen LogP contribution in [0.5, 0.6) is 0 Å². The Morgan fingerprint density at radius 3 is 2.72 bits per heavy atom. The van der Waals surface area contributed by atoms with Crippen LogP contribution in [0.25, 0.3) is 0 Å². The molecule has 0 aliphatic carbocycles. The van der Waals surface area contributed by atoms with E-state index >= 15 is 0 Å². The number of hydrogen-bond donors (Lipinski definition) is 1. The van der Waals surface area contributed by atoms with Gasteiger partial charge >= 0.3 is 0 Å². The molecule has 2 aliphatic rings. The fraction of sp³-hybridized carbons (Fsp3) is 0.458. The van der Waals surface area contributed by atoms with E-state index in [4.69, 9.17) is 0 Å². The van der Waals surface area contributed by atoms with E-state index in [1.54, 1.807) is 4.90 Å². The molecule has 2 aromatic carbocycles. The third kappa shape index (κ3) is 4.51. The maximum atomic E-state index is 13.2. The van der Waals surface area contributed by atoms with Gasteiger partial charge in [0.1, 0.15) is 5.82 Å². The number of carbonyl (C=O) groups excluding carboxylic acids is 1.